The van der Waals surface area contributed by atoms with Crippen molar-refractivity contribution in [3.05, 3.63) is 29.3 Å². The van der Waals surface area contributed by atoms with Crippen LogP contribution in [0.1, 0.15) is 74.2 Å². The van der Waals surface area contributed by atoms with Crippen LogP contribution in [0.3, 0.4) is 0 Å². The molecule has 8 nitrogen and oxygen atoms in total. The van der Waals surface area contributed by atoms with Gasteiger partial charge in [0.05, 0.1) is 72.7 Å². The molecule has 1 aromatic rings. The molecule has 212 valence electrons. The lowest BCUT2D eigenvalue weighted by atomic mass is 10.0. The summed E-state index contributed by atoms with van der Waals surface area (Å²) in [5, 5.41) is 9.77. The van der Waals surface area contributed by atoms with Crippen molar-refractivity contribution in [2.75, 3.05) is 72.7 Å². The van der Waals surface area contributed by atoms with Gasteiger partial charge in [-0.1, -0.05) is 57.9 Å². The Hall–Kier alpha value is -1.71. The van der Waals surface area contributed by atoms with Crippen LogP contribution in [0, 0.1) is 5.92 Å². The van der Waals surface area contributed by atoms with E-state index < -0.39 is 5.97 Å². The number of carbonyl (C=O) groups is 1. The van der Waals surface area contributed by atoms with Crippen molar-refractivity contribution >= 4 is 5.97 Å². The molecular weight excluding hydrogens is 476 g/mol. The third kappa shape index (κ3) is 15.3. The molecule has 0 bridgehead atoms. The van der Waals surface area contributed by atoms with Gasteiger partial charge in [-0.05, 0) is 30.5 Å². The van der Waals surface area contributed by atoms with Gasteiger partial charge in [0.2, 0.25) is 0 Å². The van der Waals surface area contributed by atoms with Crippen LogP contribution in [-0.2, 0) is 30.1 Å². The van der Waals surface area contributed by atoms with E-state index in [1.807, 2.05) is 6.07 Å². The molecule has 8 heteroatoms. The molecule has 1 aliphatic rings. The lowest BCUT2D eigenvalue weighted by molar-refractivity contribution is -0.0381. The number of aryl methyl sites for hydroxylation is 1. The number of rotatable bonds is 13. The topological polar surface area (TPSA) is 92.7 Å². The Bertz CT molecular complexity index is 695. The van der Waals surface area contributed by atoms with Gasteiger partial charge in [0.1, 0.15) is 11.3 Å². The molecular formula is C29H48O8. The molecule has 1 heterocycles. The van der Waals surface area contributed by atoms with E-state index in [4.69, 9.17) is 28.4 Å². The summed E-state index contributed by atoms with van der Waals surface area (Å²) in [6, 6.07) is 5.52. The largest absolute Gasteiger partial charge is 0.492 e. The van der Waals surface area contributed by atoms with Crippen LogP contribution in [0.15, 0.2) is 18.2 Å². The molecule has 2 rings (SSSR count). The minimum Gasteiger partial charge on any atom is -0.492 e. The first-order valence-electron chi connectivity index (χ1n) is 14.1. The fourth-order valence-electron chi connectivity index (χ4n) is 4.12. The highest BCUT2D eigenvalue weighted by Gasteiger charge is 2.16. The van der Waals surface area contributed by atoms with Crippen LogP contribution in [0.25, 0.3) is 0 Å². The third-order valence-corrected chi connectivity index (χ3v) is 6.26. The average Bonchev–Trinajstić information content (AvgIpc) is 2.89. The van der Waals surface area contributed by atoms with E-state index in [1.54, 1.807) is 12.1 Å². The van der Waals surface area contributed by atoms with Crippen molar-refractivity contribution in [2.24, 2.45) is 5.92 Å². The molecule has 0 amide bonds. The van der Waals surface area contributed by atoms with Crippen molar-refractivity contribution in [3.63, 3.8) is 0 Å². The van der Waals surface area contributed by atoms with Crippen LogP contribution < -0.4 is 4.74 Å². The second kappa shape index (κ2) is 21.2. The predicted octanol–water partition coefficient (Wildman–Crippen LogP) is 5.16. The molecule has 0 saturated carbocycles. The molecule has 1 aliphatic heterocycles. The quantitative estimate of drug-likeness (QED) is 0.354. The molecule has 0 atom stereocenters. The van der Waals surface area contributed by atoms with E-state index in [0.717, 1.165) is 18.4 Å². The summed E-state index contributed by atoms with van der Waals surface area (Å²) in [6.07, 6.45) is 10.9. The van der Waals surface area contributed by atoms with E-state index >= 15 is 0 Å². The summed E-state index contributed by atoms with van der Waals surface area (Å²) in [6.45, 7) is 7.39. The van der Waals surface area contributed by atoms with E-state index in [1.165, 1.54) is 44.9 Å². The molecule has 1 saturated heterocycles. The lowest BCUT2D eigenvalue weighted by Gasteiger charge is -2.19. The monoisotopic (exact) mass is 524 g/mol. The number of benzene rings is 1. The first-order valence-corrected chi connectivity index (χ1v) is 14.1. The standard InChI is InChI=1S/C29H48O8/c1-2-3-4-5-6-7-8-9-10-25-11-12-28(27(21-25)29(30)31)37-24-26-22-35-19-17-33-15-13-32-14-16-34-18-20-36-23-26/h11-12,21,26H,2-10,13-20,22-24H2,1H3,(H,30,31). The molecule has 0 radical (unpaired) electrons. The van der Waals surface area contributed by atoms with Crippen LogP contribution >= 0.6 is 0 Å². The Balaban J connectivity index is 1.81. The summed E-state index contributed by atoms with van der Waals surface area (Å²) in [5.41, 5.74) is 1.24. The van der Waals surface area contributed by atoms with E-state index in [0.29, 0.717) is 78.4 Å². The Morgan fingerprint density at radius 1 is 0.784 bits per heavy atom. The summed E-state index contributed by atoms with van der Waals surface area (Å²) in [4.78, 5) is 11.9. The van der Waals surface area contributed by atoms with Gasteiger partial charge in [-0.3, -0.25) is 0 Å². The molecule has 0 aromatic heterocycles. The predicted molar refractivity (Wildman–Crippen MR) is 143 cm³/mol. The normalized spacial score (nSPS) is 17.4. The van der Waals surface area contributed by atoms with E-state index in [9.17, 15) is 9.90 Å². The lowest BCUT2D eigenvalue weighted by Crippen LogP contribution is -2.26. The van der Waals surface area contributed by atoms with Crippen molar-refractivity contribution in [1.82, 2.24) is 0 Å². The summed E-state index contributed by atoms with van der Waals surface area (Å²) < 4.78 is 33.9. The third-order valence-electron chi connectivity index (χ3n) is 6.26. The maximum absolute atomic E-state index is 11.9. The van der Waals surface area contributed by atoms with Gasteiger partial charge in [-0.2, -0.15) is 0 Å². The molecule has 1 N–H and O–H groups in total. The Morgan fingerprint density at radius 3 is 1.84 bits per heavy atom. The maximum atomic E-state index is 11.9. The van der Waals surface area contributed by atoms with Gasteiger partial charge >= 0.3 is 5.97 Å². The van der Waals surface area contributed by atoms with Crippen LogP contribution in [0.4, 0.5) is 0 Å². The first-order chi connectivity index (χ1) is 18.2. The summed E-state index contributed by atoms with van der Waals surface area (Å²) in [7, 11) is 0. The van der Waals surface area contributed by atoms with Gasteiger partial charge in [0.15, 0.2) is 0 Å². The second-order valence-corrected chi connectivity index (χ2v) is 9.52. The maximum Gasteiger partial charge on any atom is 0.339 e. The van der Waals surface area contributed by atoms with Crippen LogP contribution in [0.5, 0.6) is 5.75 Å². The second-order valence-electron chi connectivity index (χ2n) is 9.52. The summed E-state index contributed by atoms with van der Waals surface area (Å²) >= 11 is 0. The minimum atomic E-state index is -0.975. The Labute approximate surface area is 222 Å². The Kier molecular flexibility index (Phi) is 18.1. The number of carboxylic acid groups (broad SMARTS) is 1. The van der Waals surface area contributed by atoms with Crippen LogP contribution in [0.2, 0.25) is 0 Å². The van der Waals surface area contributed by atoms with Gasteiger partial charge in [0.25, 0.3) is 0 Å². The summed E-state index contributed by atoms with van der Waals surface area (Å²) in [5.74, 6) is -0.641. The zero-order valence-corrected chi connectivity index (χ0v) is 22.8. The molecule has 1 fully saturated rings. The highest BCUT2D eigenvalue weighted by molar-refractivity contribution is 5.91. The van der Waals surface area contributed by atoms with Gasteiger partial charge < -0.3 is 33.5 Å². The SMILES string of the molecule is CCCCCCCCCCc1ccc(OCC2COCCOCCOCCOCCOC2)c(C(=O)O)c1. The van der Waals surface area contributed by atoms with Crippen molar-refractivity contribution < 1.29 is 38.3 Å². The zero-order valence-electron chi connectivity index (χ0n) is 22.8. The zero-order chi connectivity index (χ0) is 26.4. The molecule has 0 spiro atoms. The number of carboxylic acids is 1. The number of hydrogen-bond donors (Lipinski definition) is 1. The van der Waals surface area contributed by atoms with E-state index in [2.05, 4.69) is 6.92 Å². The van der Waals surface area contributed by atoms with Gasteiger partial charge in [-0.25, -0.2) is 4.79 Å². The fraction of sp³-hybridized carbons (Fsp3) is 0.759. The molecule has 37 heavy (non-hydrogen) atoms. The smallest absolute Gasteiger partial charge is 0.339 e. The fourth-order valence-corrected chi connectivity index (χ4v) is 4.12. The van der Waals surface area contributed by atoms with E-state index in [-0.39, 0.29) is 11.5 Å². The number of unbranched alkanes of at least 4 members (excludes halogenated alkanes) is 7. The Morgan fingerprint density at radius 2 is 1.30 bits per heavy atom. The first kappa shape index (κ1) is 31.5. The van der Waals surface area contributed by atoms with Crippen molar-refractivity contribution in [3.8, 4) is 5.75 Å². The van der Waals surface area contributed by atoms with Crippen molar-refractivity contribution in [1.29, 1.82) is 0 Å². The number of aromatic carboxylic acids is 1. The van der Waals surface area contributed by atoms with Crippen molar-refractivity contribution in [2.45, 2.75) is 64.7 Å². The molecule has 0 aliphatic carbocycles. The number of ether oxygens (including phenoxy) is 6. The van der Waals surface area contributed by atoms with Gasteiger partial charge in [-0.15, -0.1) is 0 Å². The highest BCUT2D eigenvalue weighted by Crippen LogP contribution is 2.23. The van der Waals surface area contributed by atoms with Gasteiger partial charge in [0, 0.05) is 5.92 Å². The minimum absolute atomic E-state index is 0.0464. The van der Waals surface area contributed by atoms with Crippen LogP contribution in [-0.4, -0.2) is 83.8 Å². The number of hydrogen-bond acceptors (Lipinski definition) is 7. The average molecular weight is 525 g/mol. The molecule has 1 aromatic carbocycles. The molecule has 0 unspecified atom stereocenters. The highest BCUT2D eigenvalue weighted by atomic mass is 16.6.